The molecule has 2 N–H and O–H groups in total. The highest BCUT2D eigenvalue weighted by atomic mass is 32.1. The summed E-state index contributed by atoms with van der Waals surface area (Å²) in [6.45, 7) is 8.18. The van der Waals surface area contributed by atoms with E-state index in [2.05, 4.69) is 10.3 Å². The zero-order valence-corrected chi connectivity index (χ0v) is 14.7. The van der Waals surface area contributed by atoms with Crippen LogP contribution in [0.25, 0.3) is 10.2 Å². The zero-order valence-electron chi connectivity index (χ0n) is 13.9. The summed E-state index contributed by atoms with van der Waals surface area (Å²) >= 11 is 1.51. The van der Waals surface area contributed by atoms with Crippen molar-refractivity contribution in [1.82, 2.24) is 14.9 Å². The van der Waals surface area contributed by atoms with Gasteiger partial charge < -0.3 is 10.4 Å². The largest absolute Gasteiger partial charge is 0.391 e. The maximum atomic E-state index is 12.5. The lowest BCUT2D eigenvalue weighted by atomic mass is 10.1. The van der Waals surface area contributed by atoms with Crippen molar-refractivity contribution in [2.75, 3.05) is 6.54 Å². The Bertz CT molecular complexity index is 764. The number of aliphatic hydroxyl groups excluding tert-OH is 1. The second-order valence-corrected chi connectivity index (χ2v) is 7.28. The van der Waals surface area contributed by atoms with Gasteiger partial charge in [0.2, 0.25) is 5.91 Å². The second kappa shape index (κ2) is 7.23. The highest BCUT2D eigenvalue weighted by Gasteiger charge is 2.14. The second-order valence-electron chi connectivity index (χ2n) is 6.07. The summed E-state index contributed by atoms with van der Waals surface area (Å²) in [4.78, 5) is 30.5. The lowest BCUT2D eigenvalue weighted by Crippen LogP contribution is -2.35. The Morgan fingerprint density at radius 1 is 1.43 bits per heavy atom. The van der Waals surface area contributed by atoms with Gasteiger partial charge in [-0.05, 0) is 25.3 Å². The minimum Gasteiger partial charge on any atom is -0.391 e. The fourth-order valence-electron chi connectivity index (χ4n) is 2.19. The van der Waals surface area contributed by atoms with Gasteiger partial charge in [-0.3, -0.25) is 14.2 Å². The lowest BCUT2D eigenvalue weighted by molar-refractivity contribution is -0.121. The average molecular weight is 337 g/mol. The molecule has 0 saturated carbocycles. The molecule has 2 aromatic rings. The third-order valence-corrected chi connectivity index (χ3v) is 5.13. The molecule has 2 heterocycles. The van der Waals surface area contributed by atoms with E-state index < -0.39 is 6.10 Å². The number of carbonyl (C=O) groups is 1. The first-order valence-corrected chi connectivity index (χ1v) is 8.52. The van der Waals surface area contributed by atoms with E-state index in [0.717, 1.165) is 15.3 Å². The summed E-state index contributed by atoms with van der Waals surface area (Å²) in [5, 5.41) is 13.0. The quantitative estimate of drug-likeness (QED) is 0.838. The van der Waals surface area contributed by atoms with Gasteiger partial charge in [0.1, 0.15) is 4.83 Å². The van der Waals surface area contributed by atoms with Gasteiger partial charge in [0.25, 0.3) is 5.56 Å². The van der Waals surface area contributed by atoms with Crippen LogP contribution in [0.5, 0.6) is 0 Å². The standard InChI is InChI=1S/C16H23N3O3S/c1-9(2)12(20)7-17-13(21)5-6-19-8-18-15-14(16(19)22)10(3)11(4)23-15/h8-9,12,20H,5-7H2,1-4H3,(H,17,21). The fraction of sp³-hybridized carbons (Fsp3) is 0.562. The van der Waals surface area contributed by atoms with Gasteiger partial charge in [-0.2, -0.15) is 0 Å². The van der Waals surface area contributed by atoms with E-state index in [-0.39, 0.29) is 36.9 Å². The number of amides is 1. The molecule has 2 aromatic heterocycles. The van der Waals surface area contributed by atoms with Gasteiger partial charge in [0.15, 0.2) is 0 Å². The summed E-state index contributed by atoms with van der Waals surface area (Å²) in [7, 11) is 0. The molecule has 6 nitrogen and oxygen atoms in total. The molecule has 126 valence electrons. The number of aliphatic hydroxyl groups is 1. The molecule has 0 fully saturated rings. The van der Waals surface area contributed by atoms with Crippen LogP contribution in [-0.2, 0) is 11.3 Å². The van der Waals surface area contributed by atoms with E-state index in [0.29, 0.717) is 5.39 Å². The predicted molar refractivity (Wildman–Crippen MR) is 91.8 cm³/mol. The average Bonchev–Trinajstić information content (AvgIpc) is 2.79. The minimum absolute atomic E-state index is 0.0920. The minimum atomic E-state index is -0.559. The molecule has 23 heavy (non-hydrogen) atoms. The van der Waals surface area contributed by atoms with Crippen LogP contribution < -0.4 is 10.9 Å². The maximum Gasteiger partial charge on any atom is 0.262 e. The Hall–Kier alpha value is -1.73. The molecule has 1 amide bonds. The molecule has 0 aromatic carbocycles. The zero-order chi connectivity index (χ0) is 17.1. The summed E-state index contributed by atoms with van der Waals surface area (Å²) in [5.41, 5.74) is 0.855. The van der Waals surface area contributed by atoms with Gasteiger partial charge in [0.05, 0.1) is 17.8 Å². The van der Waals surface area contributed by atoms with Crippen molar-refractivity contribution in [2.45, 2.75) is 46.8 Å². The molecular weight excluding hydrogens is 314 g/mol. The molecular formula is C16H23N3O3S. The Kier molecular flexibility index (Phi) is 5.54. The first kappa shape index (κ1) is 17.6. The van der Waals surface area contributed by atoms with E-state index in [1.165, 1.54) is 22.2 Å². The number of rotatable bonds is 6. The number of aryl methyl sites for hydroxylation is 3. The molecule has 0 aliphatic heterocycles. The predicted octanol–water partition coefficient (Wildman–Crippen LogP) is 1.60. The topological polar surface area (TPSA) is 84.2 Å². The van der Waals surface area contributed by atoms with Crippen LogP contribution in [-0.4, -0.2) is 33.2 Å². The van der Waals surface area contributed by atoms with Crippen LogP contribution in [0.2, 0.25) is 0 Å². The van der Waals surface area contributed by atoms with Crippen molar-refractivity contribution < 1.29 is 9.90 Å². The van der Waals surface area contributed by atoms with Gasteiger partial charge in [-0.15, -0.1) is 11.3 Å². The monoisotopic (exact) mass is 337 g/mol. The van der Waals surface area contributed by atoms with Crippen molar-refractivity contribution in [3.8, 4) is 0 Å². The highest BCUT2D eigenvalue weighted by molar-refractivity contribution is 7.18. The number of nitrogens with zero attached hydrogens (tertiary/aromatic N) is 2. The number of fused-ring (bicyclic) bond motifs is 1. The summed E-state index contributed by atoms with van der Waals surface area (Å²) < 4.78 is 1.47. The van der Waals surface area contributed by atoms with Gasteiger partial charge in [-0.25, -0.2) is 4.98 Å². The number of aromatic nitrogens is 2. The number of nitrogens with one attached hydrogen (secondary N) is 1. The Balaban J connectivity index is 2.02. The number of carbonyl (C=O) groups excluding carboxylic acids is 1. The Morgan fingerprint density at radius 3 is 2.78 bits per heavy atom. The van der Waals surface area contributed by atoms with Crippen molar-refractivity contribution in [3.05, 3.63) is 27.1 Å². The fourth-order valence-corrected chi connectivity index (χ4v) is 3.18. The molecule has 2 rings (SSSR count). The molecule has 1 atom stereocenters. The molecule has 0 radical (unpaired) electrons. The number of hydrogen-bond acceptors (Lipinski definition) is 5. The van der Waals surface area contributed by atoms with E-state index >= 15 is 0 Å². The molecule has 0 aliphatic rings. The summed E-state index contributed by atoms with van der Waals surface area (Å²) in [6.07, 6.45) is 1.12. The molecule has 0 saturated heterocycles. The smallest absolute Gasteiger partial charge is 0.262 e. The Labute approximate surface area is 139 Å². The van der Waals surface area contributed by atoms with Crippen LogP contribution in [0.1, 0.15) is 30.7 Å². The molecule has 0 bridgehead atoms. The van der Waals surface area contributed by atoms with Crippen LogP contribution >= 0.6 is 11.3 Å². The SMILES string of the molecule is Cc1sc2ncn(CCC(=O)NCC(O)C(C)C)c(=O)c2c1C. The van der Waals surface area contributed by atoms with Crippen molar-refractivity contribution in [1.29, 1.82) is 0 Å². The van der Waals surface area contributed by atoms with Gasteiger partial charge >= 0.3 is 0 Å². The van der Waals surface area contributed by atoms with Crippen LogP contribution in [0.15, 0.2) is 11.1 Å². The van der Waals surface area contributed by atoms with Crippen molar-refractivity contribution in [2.24, 2.45) is 5.92 Å². The maximum absolute atomic E-state index is 12.5. The summed E-state index contributed by atoms with van der Waals surface area (Å²) in [6, 6.07) is 0. The van der Waals surface area contributed by atoms with Crippen molar-refractivity contribution >= 4 is 27.5 Å². The molecule has 0 spiro atoms. The summed E-state index contributed by atoms with van der Waals surface area (Å²) in [5.74, 6) is -0.0933. The van der Waals surface area contributed by atoms with Crippen LogP contribution in [0.3, 0.4) is 0 Å². The Morgan fingerprint density at radius 2 is 2.13 bits per heavy atom. The molecule has 7 heteroatoms. The third-order valence-electron chi connectivity index (χ3n) is 4.01. The first-order chi connectivity index (χ1) is 10.8. The van der Waals surface area contributed by atoms with Crippen LogP contribution in [0, 0.1) is 19.8 Å². The van der Waals surface area contributed by atoms with E-state index in [4.69, 9.17) is 0 Å². The number of hydrogen-bond donors (Lipinski definition) is 2. The normalized spacial score (nSPS) is 12.8. The van der Waals surface area contributed by atoms with E-state index in [9.17, 15) is 14.7 Å². The van der Waals surface area contributed by atoms with Crippen LogP contribution in [0.4, 0.5) is 0 Å². The van der Waals surface area contributed by atoms with Gasteiger partial charge in [0, 0.05) is 24.4 Å². The lowest BCUT2D eigenvalue weighted by Gasteiger charge is -2.15. The van der Waals surface area contributed by atoms with E-state index in [1.54, 1.807) is 0 Å². The van der Waals surface area contributed by atoms with E-state index in [1.807, 2.05) is 27.7 Å². The highest BCUT2D eigenvalue weighted by Crippen LogP contribution is 2.25. The molecule has 0 aliphatic carbocycles. The molecule has 1 unspecified atom stereocenters. The number of thiophene rings is 1. The third kappa shape index (κ3) is 3.97. The van der Waals surface area contributed by atoms with Gasteiger partial charge in [-0.1, -0.05) is 13.8 Å². The van der Waals surface area contributed by atoms with Crippen molar-refractivity contribution in [3.63, 3.8) is 0 Å². The first-order valence-electron chi connectivity index (χ1n) is 7.71.